The summed E-state index contributed by atoms with van der Waals surface area (Å²) in [6.07, 6.45) is 3.03. The van der Waals surface area contributed by atoms with Gasteiger partial charge in [0.25, 0.3) is 0 Å². The number of nitrogen functional groups attached to an aromatic ring is 2. The molecule has 0 aliphatic heterocycles. The first-order valence-corrected chi connectivity index (χ1v) is 3.40. The standard InChI is InChI=1S/C7H7N5/c8-5-3-11-6-4(12-5)1-2-10-7(6)9/h1-3H,(H2,8,12)(H2,9,10). The van der Waals surface area contributed by atoms with Crippen molar-refractivity contribution >= 4 is 22.7 Å². The average Bonchev–Trinajstić information content (AvgIpc) is 2.04. The van der Waals surface area contributed by atoms with E-state index in [1.165, 1.54) is 6.20 Å². The first kappa shape index (κ1) is 6.78. The summed E-state index contributed by atoms with van der Waals surface area (Å²) in [6, 6.07) is 1.72. The minimum Gasteiger partial charge on any atom is -0.382 e. The Morgan fingerprint density at radius 2 is 2.00 bits per heavy atom. The van der Waals surface area contributed by atoms with Gasteiger partial charge in [-0.15, -0.1) is 0 Å². The number of nitrogens with zero attached hydrogens (tertiary/aromatic N) is 3. The van der Waals surface area contributed by atoms with Crippen molar-refractivity contribution in [3.8, 4) is 0 Å². The van der Waals surface area contributed by atoms with E-state index < -0.39 is 0 Å². The third kappa shape index (κ3) is 0.914. The van der Waals surface area contributed by atoms with Crippen LogP contribution in [0.4, 0.5) is 11.6 Å². The molecule has 0 aliphatic rings. The molecule has 0 saturated carbocycles. The van der Waals surface area contributed by atoms with Gasteiger partial charge in [-0.3, -0.25) is 0 Å². The van der Waals surface area contributed by atoms with Gasteiger partial charge in [0.1, 0.15) is 11.3 Å². The van der Waals surface area contributed by atoms with E-state index in [4.69, 9.17) is 11.5 Å². The van der Waals surface area contributed by atoms with Gasteiger partial charge in [0.2, 0.25) is 0 Å². The molecule has 4 N–H and O–H groups in total. The highest BCUT2D eigenvalue weighted by molar-refractivity contribution is 5.84. The smallest absolute Gasteiger partial charge is 0.151 e. The summed E-state index contributed by atoms with van der Waals surface area (Å²) in [4.78, 5) is 11.9. The second-order valence-corrected chi connectivity index (χ2v) is 2.36. The van der Waals surface area contributed by atoms with E-state index in [2.05, 4.69) is 15.0 Å². The Bertz CT molecular complexity index is 425. The molecule has 0 unspecified atom stereocenters. The lowest BCUT2D eigenvalue weighted by Crippen LogP contribution is -1.97. The van der Waals surface area contributed by atoms with Crippen LogP contribution in [0.3, 0.4) is 0 Å². The molecule has 2 heterocycles. The van der Waals surface area contributed by atoms with Crippen LogP contribution < -0.4 is 11.5 Å². The van der Waals surface area contributed by atoms with E-state index >= 15 is 0 Å². The fourth-order valence-corrected chi connectivity index (χ4v) is 0.981. The molecule has 0 saturated heterocycles. The van der Waals surface area contributed by atoms with Crippen molar-refractivity contribution in [1.82, 2.24) is 15.0 Å². The van der Waals surface area contributed by atoms with Gasteiger partial charge in [-0.25, -0.2) is 15.0 Å². The quantitative estimate of drug-likeness (QED) is 0.575. The number of nitrogens with two attached hydrogens (primary N) is 2. The number of hydrogen-bond acceptors (Lipinski definition) is 5. The Morgan fingerprint density at radius 1 is 1.17 bits per heavy atom. The normalized spacial score (nSPS) is 10.3. The summed E-state index contributed by atoms with van der Waals surface area (Å²) >= 11 is 0. The molecule has 0 aliphatic carbocycles. The van der Waals surface area contributed by atoms with Crippen molar-refractivity contribution in [3.63, 3.8) is 0 Å². The number of anilines is 2. The van der Waals surface area contributed by atoms with Gasteiger partial charge in [0.15, 0.2) is 5.82 Å². The lowest BCUT2D eigenvalue weighted by Gasteiger charge is -1.98. The van der Waals surface area contributed by atoms with E-state index in [1.807, 2.05) is 0 Å². The lowest BCUT2D eigenvalue weighted by atomic mass is 10.3. The molecular formula is C7H7N5. The highest BCUT2D eigenvalue weighted by atomic mass is 14.9. The van der Waals surface area contributed by atoms with Crippen LogP contribution in [0.5, 0.6) is 0 Å². The van der Waals surface area contributed by atoms with Crippen LogP contribution in [0.25, 0.3) is 11.0 Å². The molecule has 0 aromatic carbocycles. The van der Waals surface area contributed by atoms with Crippen molar-refractivity contribution in [3.05, 3.63) is 18.5 Å². The summed E-state index contributed by atoms with van der Waals surface area (Å²) in [7, 11) is 0. The van der Waals surface area contributed by atoms with Crippen molar-refractivity contribution in [1.29, 1.82) is 0 Å². The zero-order valence-electron chi connectivity index (χ0n) is 6.23. The van der Waals surface area contributed by atoms with E-state index in [-0.39, 0.29) is 0 Å². The summed E-state index contributed by atoms with van der Waals surface area (Å²) < 4.78 is 0. The maximum Gasteiger partial charge on any atom is 0.151 e. The molecule has 12 heavy (non-hydrogen) atoms. The average molecular weight is 161 g/mol. The van der Waals surface area contributed by atoms with Gasteiger partial charge in [-0.2, -0.15) is 0 Å². The minimum atomic E-state index is 0.375. The van der Waals surface area contributed by atoms with E-state index in [0.717, 1.165) is 0 Å². The molecule has 5 nitrogen and oxygen atoms in total. The maximum absolute atomic E-state index is 5.55. The lowest BCUT2D eigenvalue weighted by molar-refractivity contribution is 1.26. The summed E-state index contributed by atoms with van der Waals surface area (Å²) in [6.45, 7) is 0. The molecule has 0 bridgehead atoms. The van der Waals surface area contributed by atoms with Crippen LogP contribution in [0.15, 0.2) is 18.5 Å². The van der Waals surface area contributed by atoms with Gasteiger partial charge < -0.3 is 11.5 Å². The minimum absolute atomic E-state index is 0.375. The van der Waals surface area contributed by atoms with E-state index in [1.54, 1.807) is 12.3 Å². The van der Waals surface area contributed by atoms with Crippen LogP contribution in [-0.4, -0.2) is 15.0 Å². The third-order valence-electron chi connectivity index (χ3n) is 1.51. The fourth-order valence-electron chi connectivity index (χ4n) is 0.981. The monoisotopic (exact) mass is 161 g/mol. The second kappa shape index (κ2) is 2.30. The highest BCUT2D eigenvalue weighted by Crippen LogP contribution is 2.13. The Morgan fingerprint density at radius 3 is 2.83 bits per heavy atom. The third-order valence-corrected chi connectivity index (χ3v) is 1.51. The molecule has 2 rings (SSSR count). The summed E-state index contributed by atoms with van der Waals surface area (Å²) in [5, 5.41) is 0. The van der Waals surface area contributed by atoms with Crippen LogP contribution in [-0.2, 0) is 0 Å². The SMILES string of the molecule is Nc1cnc2c(N)nccc2n1. The predicted octanol–water partition coefficient (Wildman–Crippen LogP) is 0.189. The molecular weight excluding hydrogens is 154 g/mol. The van der Waals surface area contributed by atoms with E-state index in [9.17, 15) is 0 Å². The van der Waals surface area contributed by atoms with Gasteiger partial charge in [0.05, 0.1) is 11.7 Å². The van der Waals surface area contributed by atoms with Crippen LogP contribution in [0, 0.1) is 0 Å². The Labute approximate surface area is 68.5 Å². The number of pyridine rings is 1. The Hall–Kier alpha value is -1.91. The zero-order valence-corrected chi connectivity index (χ0v) is 6.23. The van der Waals surface area contributed by atoms with Crippen LogP contribution in [0.2, 0.25) is 0 Å². The molecule has 0 fully saturated rings. The maximum atomic E-state index is 5.55. The van der Waals surface area contributed by atoms with Gasteiger partial charge in [-0.05, 0) is 6.07 Å². The van der Waals surface area contributed by atoms with Crippen molar-refractivity contribution in [2.24, 2.45) is 0 Å². The molecule has 0 amide bonds. The molecule has 60 valence electrons. The first-order valence-electron chi connectivity index (χ1n) is 3.40. The van der Waals surface area contributed by atoms with Crippen molar-refractivity contribution in [2.75, 3.05) is 11.5 Å². The topological polar surface area (TPSA) is 90.7 Å². The highest BCUT2D eigenvalue weighted by Gasteiger charge is 2.00. The predicted molar refractivity (Wildman–Crippen MR) is 46.2 cm³/mol. The van der Waals surface area contributed by atoms with Gasteiger partial charge in [0, 0.05) is 6.20 Å². The number of rotatable bonds is 0. The van der Waals surface area contributed by atoms with Crippen LogP contribution in [0.1, 0.15) is 0 Å². The second-order valence-electron chi connectivity index (χ2n) is 2.36. The van der Waals surface area contributed by atoms with E-state index in [0.29, 0.717) is 22.7 Å². The zero-order chi connectivity index (χ0) is 8.55. The Kier molecular flexibility index (Phi) is 1.30. The van der Waals surface area contributed by atoms with Crippen LogP contribution >= 0.6 is 0 Å². The molecule has 5 heteroatoms. The largest absolute Gasteiger partial charge is 0.382 e. The number of aromatic nitrogens is 3. The van der Waals surface area contributed by atoms with Gasteiger partial charge >= 0.3 is 0 Å². The molecule has 0 atom stereocenters. The van der Waals surface area contributed by atoms with Gasteiger partial charge in [-0.1, -0.05) is 0 Å². The van der Waals surface area contributed by atoms with Crippen molar-refractivity contribution in [2.45, 2.75) is 0 Å². The summed E-state index contributed by atoms with van der Waals surface area (Å²) in [5.74, 6) is 0.758. The molecule has 0 radical (unpaired) electrons. The number of hydrogen-bond donors (Lipinski definition) is 2. The molecule has 2 aromatic rings. The molecule has 0 spiro atoms. The fraction of sp³-hybridized carbons (Fsp3) is 0. The molecule has 2 aromatic heterocycles. The Balaban J connectivity index is 2.86. The van der Waals surface area contributed by atoms with Crippen molar-refractivity contribution < 1.29 is 0 Å². The first-order chi connectivity index (χ1) is 5.77. The summed E-state index contributed by atoms with van der Waals surface area (Å²) in [5.41, 5.74) is 12.2. The number of fused-ring (bicyclic) bond motifs is 1.